The van der Waals surface area contributed by atoms with Crippen molar-refractivity contribution in [2.24, 2.45) is 4.99 Å². The summed E-state index contributed by atoms with van der Waals surface area (Å²) in [5.74, 6) is -0.0776. The van der Waals surface area contributed by atoms with E-state index in [0.29, 0.717) is 10.1 Å². The van der Waals surface area contributed by atoms with Crippen LogP contribution in [0.1, 0.15) is 5.56 Å². The number of phenolic OH excluding ortho intramolecular Hbond substituents is 1. The Morgan fingerprint density at radius 3 is 2.13 bits per heavy atom. The molecule has 39 heavy (non-hydrogen) atoms. The Labute approximate surface area is 230 Å². The van der Waals surface area contributed by atoms with Crippen LogP contribution in [0.4, 0.5) is 5.69 Å². The second-order valence-electron chi connectivity index (χ2n) is 9.04. The van der Waals surface area contributed by atoms with Gasteiger partial charge >= 0.3 is 0 Å². The van der Waals surface area contributed by atoms with E-state index in [2.05, 4.69) is 35.3 Å². The molecule has 7 heteroatoms. The fourth-order valence-electron chi connectivity index (χ4n) is 4.33. The summed E-state index contributed by atoms with van der Waals surface area (Å²) in [6.07, 6.45) is 1.86. The number of hydrogen-bond donors (Lipinski definition) is 1. The van der Waals surface area contributed by atoms with Crippen LogP contribution in [-0.2, 0) is 4.79 Å². The Morgan fingerprint density at radius 2 is 1.46 bits per heavy atom. The molecular weight excluding hydrogens is 504 g/mol. The van der Waals surface area contributed by atoms with Crippen molar-refractivity contribution in [2.45, 2.75) is 0 Å². The predicted molar refractivity (Wildman–Crippen MR) is 159 cm³/mol. The lowest BCUT2D eigenvalue weighted by molar-refractivity contribution is -0.113. The maximum absolute atomic E-state index is 12.6. The highest BCUT2D eigenvalue weighted by molar-refractivity contribution is 8.18. The van der Waals surface area contributed by atoms with Crippen molar-refractivity contribution < 1.29 is 9.90 Å². The monoisotopic (exact) mass is 528 g/mol. The Kier molecular flexibility index (Phi) is 6.57. The topological polar surface area (TPSA) is 70.7 Å². The number of carbonyl (C=O) groups excluding carboxylic acids is 1. The van der Waals surface area contributed by atoms with Gasteiger partial charge in [0.15, 0.2) is 5.17 Å². The molecule has 2 heterocycles. The molecule has 6 rings (SSSR count). The summed E-state index contributed by atoms with van der Waals surface area (Å²) >= 11 is 1.33. The van der Waals surface area contributed by atoms with E-state index in [4.69, 9.17) is 5.10 Å². The highest BCUT2D eigenvalue weighted by Crippen LogP contribution is 2.33. The molecule has 0 radical (unpaired) electrons. The van der Waals surface area contributed by atoms with E-state index in [1.807, 2.05) is 83.4 Å². The standard InChI is InChI=1S/C32H24N4O2S/c1-35(25-16-18-27(37)19-17-25)32-33-31(38)30(39-32)20-22-12-14-26(15-13-22)36-29(24-10-6-3-7-11-24)21-28(34-36)23-8-4-2-5-9-23/h2-21,37H,1H3/b30-20-. The number of anilines is 1. The SMILES string of the molecule is CN(C1=NC(=O)/C(=C/c2ccc(-n3nc(-c4ccccc4)cc3-c3ccccc3)cc2)S1)c1ccc(O)cc1. The number of aromatic nitrogens is 2. The summed E-state index contributed by atoms with van der Waals surface area (Å²) in [5, 5.41) is 15.1. The van der Waals surface area contributed by atoms with Gasteiger partial charge in [0.25, 0.3) is 5.91 Å². The van der Waals surface area contributed by atoms with Gasteiger partial charge in [0.1, 0.15) is 5.75 Å². The summed E-state index contributed by atoms with van der Waals surface area (Å²) < 4.78 is 1.96. The van der Waals surface area contributed by atoms with E-state index < -0.39 is 0 Å². The molecule has 190 valence electrons. The number of phenols is 1. The molecule has 0 atom stereocenters. The van der Waals surface area contributed by atoms with Crippen molar-refractivity contribution in [3.8, 4) is 34.0 Å². The minimum Gasteiger partial charge on any atom is -0.508 e. The average molecular weight is 529 g/mol. The van der Waals surface area contributed by atoms with Gasteiger partial charge in [0.2, 0.25) is 0 Å². The number of rotatable bonds is 5. The molecule has 0 saturated carbocycles. The van der Waals surface area contributed by atoms with E-state index in [1.165, 1.54) is 11.8 Å². The molecule has 5 aromatic rings. The first-order valence-electron chi connectivity index (χ1n) is 12.4. The first kappa shape index (κ1) is 24.5. The highest BCUT2D eigenvalue weighted by atomic mass is 32.2. The van der Waals surface area contributed by atoms with Crippen molar-refractivity contribution in [3.63, 3.8) is 0 Å². The van der Waals surface area contributed by atoms with Gasteiger partial charge in [-0.25, -0.2) is 4.68 Å². The number of aliphatic imine (C=N–C) groups is 1. The molecule has 0 saturated heterocycles. The third-order valence-electron chi connectivity index (χ3n) is 6.42. The smallest absolute Gasteiger partial charge is 0.286 e. The first-order chi connectivity index (χ1) is 19.0. The largest absolute Gasteiger partial charge is 0.508 e. The molecule has 4 aromatic carbocycles. The van der Waals surface area contributed by atoms with Gasteiger partial charge in [-0.1, -0.05) is 72.8 Å². The van der Waals surface area contributed by atoms with Crippen molar-refractivity contribution in [3.05, 3.63) is 126 Å². The number of aromatic hydroxyl groups is 1. The van der Waals surface area contributed by atoms with Crippen LogP contribution >= 0.6 is 11.8 Å². The van der Waals surface area contributed by atoms with Gasteiger partial charge in [0, 0.05) is 23.9 Å². The number of nitrogens with zero attached hydrogens (tertiary/aromatic N) is 4. The average Bonchev–Trinajstić information content (AvgIpc) is 3.59. The summed E-state index contributed by atoms with van der Waals surface area (Å²) in [4.78, 5) is 19.3. The molecule has 0 fully saturated rings. The molecule has 0 unspecified atom stereocenters. The van der Waals surface area contributed by atoms with Gasteiger partial charge in [-0.15, -0.1) is 0 Å². The lowest BCUT2D eigenvalue weighted by Gasteiger charge is -2.17. The summed E-state index contributed by atoms with van der Waals surface area (Å²) in [7, 11) is 1.85. The lowest BCUT2D eigenvalue weighted by atomic mass is 10.1. The molecule has 1 aromatic heterocycles. The van der Waals surface area contributed by atoms with E-state index in [-0.39, 0.29) is 11.7 Å². The van der Waals surface area contributed by atoms with Crippen LogP contribution in [0.5, 0.6) is 5.75 Å². The number of carbonyl (C=O) groups is 1. The van der Waals surface area contributed by atoms with E-state index in [9.17, 15) is 9.90 Å². The third kappa shape index (κ3) is 5.12. The number of hydrogen-bond acceptors (Lipinski definition) is 5. The van der Waals surface area contributed by atoms with Crippen LogP contribution in [0.3, 0.4) is 0 Å². The Hall–Kier alpha value is -4.88. The van der Waals surface area contributed by atoms with E-state index in [0.717, 1.165) is 39.5 Å². The van der Waals surface area contributed by atoms with Crippen LogP contribution in [0.25, 0.3) is 34.3 Å². The van der Waals surface area contributed by atoms with Gasteiger partial charge in [-0.05, 0) is 65.9 Å². The maximum Gasteiger partial charge on any atom is 0.286 e. The molecule has 0 aliphatic carbocycles. The van der Waals surface area contributed by atoms with Gasteiger partial charge in [0.05, 0.1) is 22.0 Å². The predicted octanol–water partition coefficient (Wildman–Crippen LogP) is 7.02. The minimum atomic E-state index is -0.268. The van der Waals surface area contributed by atoms with Crippen LogP contribution in [0.15, 0.2) is 125 Å². The fourth-order valence-corrected chi connectivity index (χ4v) is 5.23. The molecular formula is C32H24N4O2S. The Balaban J connectivity index is 1.27. The molecule has 0 spiro atoms. The molecule has 6 nitrogen and oxygen atoms in total. The molecule has 1 amide bonds. The van der Waals surface area contributed by atoms with E-state index in [1.54, 1.807) is 24.3 Å². The zero-order valence-corrected chi connectivity index (χ0v) is 21.9. The number of amidine groups is 1. The number of benzene rings is 4. The van der Waals surface area contributed by atoms with Crippen LogP contribution in [0.2, 0.25) is 0 Å². The third-order valence-corrected chi connectivity index (χ3v) is 7.48. The van der Waals surface area contributed by atoms with Gasteiger partial charge < -0.3 is 10.0 Å². The summed E-state index contributed by atoms with van der Waals surface area (Å²) in [5.41, 5.74) is 6.69. The Morgan fingerprint density at radius 1 is 0.821 bits per heavy atom. The van der Waals surface area contributed by atoms with Gasteiger partial charge in [-0.3, -0.25) is 4.79 Å². The molecule has 1 aliphatic rings. The zero-order valence-electron chi connectivity index (χ0n) is 21.1. The quantitative estimate of drug-likeness (QED) is 0.248. The lowest BCUT2D eigenvalue weighted by Crippen LogP contribution is -2.21. The van der Waals surface area contributed by atoms with Gasteiger partial charge in [-0.2, -0.15) is 10.1 Å². The van der Waals surface area contributed by atoms with Crippen molar-refractivity contribution in [1.29, 1.82) is 0 Å². The normalized spacial score (nSPS) is 14.0. The van der Waals surface area contributed by atoms with Crippen LogP contribution in [0, 0.1) is 0 Å². The molecule has 1 aliphatic heterocycles. The highest BCUT2D eigenvalue weighted by Gasteiger charge is 2.25. The molecule has 1 N–H and O–H groups in total. The van der Waals surface area contributed by atoms with Crippen molar-refractivity contribution >= 4 is 34.6 Å². The first-order valence-corrected chi connectivity index (χ1v) is 13.2. The van der Waals surface area contributed by atoms with E-state index >= 15 is 0 Å². The maximum atomic E-state index is 12.6. The van der Waals surface area contributed by atoms with Crippen LogP contribution in [-0.4, -0.2) is 33.0 Å². The second kappa shape index (κ2) is 10.5. The van der Waals surface area contributed by atoms with Crippen molar-refractivity contribution in [1.82, 2.24) is 9.78 Å². The number of amides is 1. The summed E-state index contributed by atoms with van der Waals surface area (Å²) in [6, 6.07) is 37.2. The zero-order chi connectivity index (χ0) is 26.8. The second-order valence-corrected chi connectivity index (χ2v) is 10.0. The fraction of sp³-hybridized carbons (Fsp3) is 0.0312. The number of thioether (sulfide) groups is 1. The van der Waals surface area contributed by atoms with Crippen LogP contribution < -0.4 is 4.90 Å². The molecule has 0 bridgehead atoms. The summed E-state index contributed by atoms with van der Waals surface area (Å²) in [6.45, 7) is 0. The minimum absolute atomic E-state index is 0.190. The van der Waals surface area contributed by atoms with Crippen molar-refractivity contribution in [2.75, 3.05) is 11.9 Å². The Bertz CT molecular complexity index is 1690.